The van der Waals surface area contributed by atoms with Crippen molar-refractivity contribution in [3.05, 3.63) is 35.9 Å². The van der Waals surface area contributed by atoms with E-state index in [4.69, 9.17) is 0 Å². The number of carbonyl (C=O) groups is 1. The molecule has 1 atom stereocenters. The lowest BCUT2D eigenvalue weighted by Gasteiger charge is -2.38. The average molecular weight is 329 g/mol. The lowest BCUT2D eigenvalue weighted by molar-refractivity contribution is -0.136. The van der Waals surface area contributed by atoms with Crippen LogP contribution in [-0.4, -0.2) is 72.5 Å². The summed E-state index contributed by atoms with van der Waals surface area (Å²) in [7, 11) is 0. The van der Waals surface area contributed by atoms with Crippen LogP contribution in [0.25, 0.3) is 0 Å². The molecule has 2 aliphatic heterocycles. The van der Waals surface area contributed by atoms with E-state index in [0.29, 0.717) is 18.5 Å². The Morgan fingerprint density at radius 2 is 1.71 bits per heavy atom. The summed E-state index contributed by atoms with van der Waals surface area (Å²) < 4.78 is 0. The molecule has 0 bridgehead atoms. The van der Waals surface area contributed by atoms with Crippen LogP contribution in [-0.2, 0) is 11.2 Å². The Hall–Kier alpha value is -1.39. The highest BCUT2D eigenvalue weighted by Gasteiger charge is 2.26. The summed E-state index contributed by atoms with van der Waals surface area (Å²) in [5, 5.41) is 0. The molecule has 0 saturated carbocycles. The highest BCUT2D eigenvalue weighted by molar-refractivity contribution is 5.78. The molecule has 3 rings (SSSR count). The van der Waals surface area contributed by atoms with Gasteiger partial charge >= 0.3 is 0 Å². The summed E-state index contributed by atoms with van der Waals surface area (Å²) in [6, 6.07) is 11.1. The minimum atomic E-state index is 0.333. The Kier molecular flexibility index (Phi) is 6.27. The van der Waals surface area contributed by atoms with Crippen LogP contribution in [0.15, 0.2) is 30.3 Å². The van der Waals surface area contributed by atoms with E-state index in [1.165, 1.54) is 24.8 Å². The van der Waals surface area contributed by atoms with Gasteiger partial charge in [0.25, 0.3) is 0 Å². The molecule has 2 heterocycles. The molecule has 0 N–H and O–H groups in total. The van der Waals surface area contributed by atoms with Gasteiger partial charge in [0.2, 0.25) is 5.91 Å². The lowest BCUT2D eigenvalue weighted by atomic mass is 10.0. The second-order valence-electron chi connectivity index (χ2n) is 7.29. The Bertz CT molecular complexity index is 511. The molecule has 4 nitrogen and oxygen atoms in total. The zero-order valence-electron chi connectivity index (χ0n) is 15.0. The van der Waals surface area contributed by atoms with Crippen molar-refractivity contribution < 1.29 is 4.79 Å². The minimum Gasteiger partial charge on any atom is -0.339 e. The van der Waals surface area contributed by atoms with Crippen LogP contribution < -0.4 is 0 Å². The summed E-state index contributed by atoms with van der Waals surface area (Å²) in [6.07, 6.45) is 4.72. The Morgan fingerprint density at radius 1 is 1.00 bits per heavy atom. The fourth-order valence-electron chi connectivity index (χ4n) is 3.85. The number of carbonyl (C=O) groups excluding carboxylic acids is 1. The lowest BCUT2D eigenvalue weighted by Crippen LogP contribution is -2.52. The Morgan fingerprint density at radius 3 is 2.42 bits per heavy atom. The summed E-state index contributed by atoms with van der Waals surface area (Å²) in [5.41, 5.74) is 1.41. The van der Waals surface area contributed by atoms with Crippen LogP contribution in [0, 0.1) is 0 Å². The van der Waals surface area contributed by atoms with E-state index >= 15 is 0 Å². The molecule has 2 saturated heterocycles. The molecule has 24 heavy (non-hydrogen) atoms. The highest BCUT2D eigenvalue weighted by Crippen LogP contribution is 2.17. The largest absolute Gasteiger partial charge is 0.339 e. The highest BCUT2D eigenvalue weighted by atomic mass is 16.2. The van der Waals surface area contributed by atoms with E-state index in [0.717, 1.165) is 45.7 Å². The summed E-state index contributed by atoms with van der Waals surface area (Å²) in [4.78, 5) is 19.5. The summed E-state index contributed by atoms with van der Waals surface area (Å²) in [6.45, 7) is 9.07. The van der Waals surface area contributed by atoms with Crippen LogP contribution in [0.2, 0.25) is 0 Å². The standard InChI is InChI=1S/C20H31N3O/c1-18-7-5-6-11-23(18)20(24)17-22-15-13-21(14-16-22)12-10-19-8-3-2-4-9-19/h2-4,8-9,18H,5-7,10-17H2,1H3. The zero-order valence-corrected chi connectivity index (χ0v) is 15.0. The molecule has 1 aromatic carbocycles. The van der Waals surface area contributed by atoms with Gasteiger partial charge in [0.1, 0.15) is 0 Å². The molecule has 132 valence electrons. The van der Waals surface area contributed by atoms with Gasteiger partial charge in [-0.2, -0.15) is 0 Å². The Balaban J connectivity index is 1.38. The number of rotatable bonds is 5. The van der Waals surface area contributed by atoms with Gasteiger partial charge in [-0.15, -0.1) is 0 Å². The monoisotopic (exact) mass is 329 g/mol. The molecular weight excluding hydrogens is 298 g/mol. The van der Waals surface area contributed by atoms with Crippen molar-refractivity contribution in [1.82, 2.24) is 14.7 Å². The van der Waals surface area contributed by atoms with Crippen molar-refractivity contribution in [2.75, 3.05) is 45.8 Å². The molecule has 1 amide bonds. The van der Waals surface area contributed by atoms with Crippen LogP contribution >= 0.6 is 0 Å². The first kappa shape index (κ1) is 17.4. The third-order valence-electron chi connectivity index (χ3n) is 5.51. The maximum atomic E-state index is 12.5. The zero-order chi connectivity index (χ0) is 16.8. The van der Waals surface area contributed by atoms with E-state index in [9.17, 15) is 4.79 Å². The van der Waals surface area contributed by atoms with Crippen LogP contribution in [0.1, 0.15) is 31.7 Å². The van der Waals surface area contributed by atoms with Crippen molar-refractivity contribution in [2.24, 2.45) is 0 Å². The van der Waals surface area contributed by atoms with Crippen LogP contribution in [0.4, 0.5) is 0 Å². The van der Waals surface area contributed by atoms with Crippen LogP contribution in [0.3, 0.4) is 0 Å². The first-order valence-corrected chi connectivity index (χ1v) is 9.50. The van der Waals surface area contributed by atoms with Gasteiger partial charge in [-0.05, 0) is 38.2 Å². The van der Waals surface area contributed by atoms with E-state index in [-0.39, 0.29) is 0 Å². The van der Waals surface area contributed by atoms with Gasteiger partial charge in [-0.3, -0.25) is 9.69 Å². The SMILES string of the molecule is CC1CCCCN1C(=O)CN1CCN(CCc2ccccc2)CC1. The first-order chi connectivity index (χ1) is 11.7. The number of piperidine rings is 1. The van der Waals surface area contributed by atoms with Crippen molar-refractivity contribution in [3.63, 3.8) is 0 Å². The van der Waals surface area contributed by atoms with E-state index in [1.807, 2.05) is 0 Å². The molecule has 2 aliphatic rings. The van der Waals surface area contributed by atoms with Gasteiger partial charge in [0.15, 0.2) is 0 Å². The molecule has 1 aromatic rings. The van der Waals surface area contributed by atoms with Gasteiger partial charge < -0.3 is 9.80 Å². The fraction of sp³-hybridized carbons (Fsp3) is 0.650. The maximum Gasteiger partial charge on any atom is 0.236 e. The average Bonchev–Trinajstić information content (AvgIpc) is 2.62. The minimum absolute atomic E-state index is 0.333. The summed E-state index contributed by atoms with van der Waals surface area (Å²) >= 11 is 0. The van der Waals surface area contributed by atoms with E-state index < -0.39 is 0 Å². The third-order valence-corrected chi connectivity index (χ3v) is 5.51. The molecule has 4 heteroatoms. The van der Waals surface area contributed by atoms with Crippen molar-refractivity contribution in [1.29, 1.82) is 0 Å². The van der Waals surface area contributed by atoms with Crippen LogP contribution in [0.5, 0.6) is 0 Å². The maximum absolute atomic E-state index is 12.5. The summed E-state index contributed by atoms with van der Waals surface area (Å²) in [5.74, 6) is 0.333. The molecule has 1 unspecified atom stereocenters. The van der Waals surface area contributed by atoms with E-state index in [2.05, 4.69) is 52.0 Å². The van der Waals surface area contributed by atoms with Gasteiger partial charge in [-0.1, -0.05) is 30.3 Å². The molecule has 0 aliphatic carbocycles. The Labute approximate surface area is 146 Å². The fourth-order valence-corrected chi connectivity index (χ4v) is 3.85. The molecule has 0 aromatic heterocycles. The van der Waals surface area contributed by atoms with Crippen molar-refractivity contribution in [2.45, 2.75) is 38.6 Å². The number of likely N-dealkylation sites (tertiary alicyclic amines) is 1. The second-order valence-corrected chi connectivity index (χ2v) is 7.29. The van der Waals surface area contributed by atoms with Gasteiger partial charge in [0, 0.05) is 45.3 Å². The van der Waals surface area contributed by atoms with Crippen molar-refractivity contribution in [3.8, 4) is 0 Å². The predicted octanol–water partition coefficient (Wildman–Crippen LogP) is 2.25. The number of benzene rings is 1. The van der Waals surface area contributed by atoms with E-state index in [1.54, 1.807) is 0 Å². The molecular formula is C20H31N3O. The first-order valence-electron chi connectivity index (χ1n) is 9.50. The number of hydrogen-bond donors (Lipinski definition) is 0. The quantitative estimate of drug-likeness (QED) is 0.829. The second kappa shape index (κ2) is 8.63. The number of piperazine rings is 1. The molecule has 2 fully saturated rings. The topological polar surface area (TPSA) is 26.8 Å². The van der Waals surface area contributed by atoms with Gasteiger partial charge in [-0.25, -0.2) is 0 Å². The van der Waals surface area contributed by atoms with Gasteiger partial charge in [0.05, 0.1) is 6.54 Å². The third kappa shape index (κ3) is 4.81. The molecule has 0 radical (unpaired) electrons. The smallest absolute Gasteiger partial charge is 0.236 e. The predicted molar refractivity (Wildman–Crippen MR) is 98.1 cm³/mol. The number of amides is 1. The normalized spacial score (nSPS) is 23.4. The number of hydrogen-bond acceptors (Lipinski definition) is 3. The molecule has 0 spiro atoms. The number of nitrogens with zero attached hydrogens (tertiary/aromatic N) is 3. The van der Waals surface area contributed by atoms with Crippen molar-refractivity contribution >= 4 is 5.91 Å².